The number of fused-ring (bicyclic) bond motifs is 3. The third-order valence-corrected chi connectivity index (χ3v) is 6.28. The molecule has 2 bridgehead atoms. The van der Waals surface area contributed by atoms with Crippen LogP contribution in [0.2, 0.25) is 0 Å². The fourth-order valence-electron chi connectivity index (χ4n) is 5.15. The van der Waals surface area contributed by atoms with E-state index in [1.165, 1.54) is 11.1 Å². The topological polar surface area (TPSA) is 45.2 Å². The molecule has 1 saturated heterocycles. The molecule has 5 rings (SSSR count). The SMILES string of the molecule is COc1cc2c(c3c1O3)C[C@@H]1[C@@H]3C=C[C@H](O)C[C@]23CCN1C. The number of rotatable bonds is 1. The molecule has 4 nitrogen and oxygen atoms in total. The van der Waals surface area contributed by atoms with Crippen LogP contribution >= 0.6 is 0 Å². The molecule has 2 aliphatic carbocycles. The lowest BCUT2D eigenvalue weighted by Gasteiger charge is -2.57. The minimum absolute atomic E-state index is 0.0349. The van der Waals surface area contributed by atoms with Crippen molar-refractivity contribution in [3.8, 4) is 17.2 Å². The van der Waals surface area contributed by atoms with E-state index in [1.807, 2.05) is 6.08 Å². The highest BCUT2D eigenvalue weighted by Crippen LogP contribution is 2.63. The molecule has 1 N–H and O–H groups in total. The van der Waals surface area contributed by atoms with Gasteiger partial charge in [-0.2, -0.15) is 0 Å². The Kier molecular flexibility index (Phi) is 2.39. The largest absolute Gasteiger partial charge is 0.493 e. The van der Waals surface area contributed by atoms with E-state index >= 15 is 0 Å². The maximum Gasteiger partial charge on any atom is 0.212 e. The molecular formula is C18H21NO3. The highest BCUT2D eigenvalue weighted by atomic mass is 16.6. The molecule has 4 atom stereocenters. The molecule has 2 aliphatic heterocycles. The summed E-state index contributed by atoms with van der Waals surface area (Å²) in [5.41, 5.74) is 2.75. The van der Waals surface area contributed by atoms with E-state index in [1.54, 1.807) is 7.11 Å². The minimum atomic E-state index is -0.345. The number of aliphatic hydroxyl groups excluding tert-OH is 1. The van der Waals surface area contributed by atoms with Gasteiger partial charge in [0.2, 0.25) is 5.75 Å². The number of methoxy groups -OCH3 is 1. The van der Waals surface area contributed by atoms with Crippen LogP contribution in [0.4, 0.5) is 0 Å². The smallest absolute Gasteiger partial charge is 0.212 e. The van der Waals surface area contributed by atoms with Gasteiger partial charge in [-0.3, -0.25) is 0 Å². The molecule has 0 amide bonds. The van der Waals surface area contributed by atoms with Crippen molar-refractivity contribution in [2.45, 2.75) is 36.8 Å². The van der Waals surface area contributed by atoms with Crippen LogP contribution in [0.3, 0.4) is 0 Å². The molecule has 22 heavy (non-hydrogen) atoms. The van der Waals surface area contributed by atoms with Gasteiger partial charge in [0.15, 0.2) is 11.5 Å². The number of nitrogens with zero attached hydrogens (tertiary/aromatic N) is 1. The number of ether oxygens (including phenoxy) is 2. The van der Waals surface area contributed by atoms with Crippen molar-refractivity contribution in [1.82, 2.24) is 4.90 Å². The Morgan fingerprint density at radius 1 is 1.36 bits per heavy atom. The van der Waals surface area contributed by atoms with E-state index in [2.05, 4.69) is 24.1 Å². The summed E-state index contributed by atoms with van der Waals surface area (Å²) in [6.07, 6.45) is 6.83. The summed E-state index contributed by atoms with van der Waals surface area (Å²) in [4.78, 5) is 2.48. The molecule has 1 fully saturated rings. The summed E-state index contributed by atoms with van der Waals surface area (Å²) < 4.78 is 11.2. The summed E-state index contributed by atoms with van der Waals surface area (Å²) in [6, 6.07) is 2.69. The fourth-order valence-corrected chi connectivity index (χ4v) is 5.15. The average Bonchev–Trinajstić information content (AvgIpc) is 3.30. The van der Waals surface area contributed by atoms with Gasteiger partial charge in [-0.1, -0.05) is 12.2 Å². The summed E-state index contributed by atoms with van der Waals surface area (Å²) in [7, 11) is 3.93. The molecule has 1 aromatic rings. The van der Waals surface area contributed by atoms with Crippen molar-refractivity contribution in [2.24, 2.45) is 5.92 Å². The van der Waals surface area contributed by atoms with Crippen LogP contribution in [-0.4, -0.2) is 42.9 Å². The average molecular weight is 299 g/mol. The number of hydrogen-bond donors (Lipinski definition) is 1. The molecule has 4 heteroatoms. The van der Waals surface area contributed by atoms with Crippen molar-refractivity contribution in [1.29, 1.82) is 0 Å². The predicted octanol–water partition coefficient (Wildman–Crippen LogP) is 2.24. The first kappa shape index (κ1) is 13.0. The first-order valence-corrected chi connectivity index (χ1v) is 8.13. The highest BCUT2D eigenvalue weighted by Gasteiger charge is 2.55. The van der Waals surface area contributed by atoms with Gasteiger partial charge < -0.3 is 19.5 Å². The van der Waals surface area contributed by atoms with E-state index in [0.717, 1.165) is 43.1 Å². The second-order valence-electron chi connectivity index (χ2n) is 7.21. The maximum absolute atomic E-state index is 10.3. The quantitative estimate of drug-likeness (QED) is 0.648. The Morgan fingerprint density at radius 2 is 2.23 bits per heavy atom. The second kappa shape index (κ2) is 4.06. The molecule has 0 aromatic heterocycles. The van der Waals surface area contributed by atoms with E-state index < -0.39 is 0 Å². The summed E-state index contributed by atoms with van der Waals surface area (Å²) in [6.45, 7) is 1.08. The molecule has 4 aliphatic rings. The van der Waals surface area contributed by atoms with E-state index in [9.17, 15) is 5.11 Å². The number of benzene rings is 1. The Hall–Kier alpha value is -1.52. The van der Waals surface area contributed by atoms with Crippen molar-refractivity contribution in [2.75, 3.05) is 20.7 Å². The van der Waals surface area contributed by atoms with E-state index in [-0.39, 0.29) is 11.5 Å². The summed E-state index contributed by atoms with van der Waals surface area (Å²) >= 11 is 0. The van der Waals surface area contributed by atoms with Crippen LogP contribution in [0, 0.1) is 5.92 Å². The van der Waals surface area contributed by atoms with Gasteiger partial charge >= 0.3 is 0 Å². The van der Waals surface area contributed by atoms with Crippen LogP contribution in [0.1, 0.15) is 24.0 Å². The van der Waals surface area contributed by atoms with Crippen LogP contribution in [-0.2, 0) is 11.8 Å². The lowest BCUT2D eigenvalue weighted by molar-refractivity contribution is 0.0208. The van der Waals surface area contributed by atoms with Crippen LogP contribution < -0.4 is 9.47 Å². The highest BCUT2D eigenvalue weighted by molar-refractivity contribution is 5.71. The Morgan fingerprint density at radius 3 is 3.05 bits per heavy atom. The first-order chi connectivity index (χ1) is 10.6. The first-order valence-electron chi connectivity index (χ1n) is 8.13. The Bertz CT molecular complexity index is 698. The molecule has 0 spiro atoms. The molecule has 1 aromatic carbocycles. The van der Waals surface area contributed by atoms with E-state index in [4.69, 9.17) is 9.47 Å². The number of likely N-dealkylation sites (N-methyl/N-ethyl adjacent to an activating group) is 1. The zero-order valence-corrected chi connectivity index (χ0v) is 13.0. The summed E-state index contributed by atoms with van der Waals surface area (Å²) in [5, 5.41) is 10.3. The third-order valence-electron chi connectivity index (χ3n) is 6.28. The van der Waals surface area contributed by atoms with Crippen molar-refractivity contribution >= 4 is 0 Å². The number of hydrogen-bond acceptors (Lipinski definition) is 4. The van der Waals surface area contributed by atoms with Crippen LogP contribution in [0.15, 0.2) is 18.2 Å². The zero-order valence-electron chi connectivity index (χ0n) is 13.0. The van der Waals surface area contributed by atoms with Gasteiger partial charge in [0.25, 0.3) is 0 Å². The molecule has 0 unspecified atom stereocenters. The zero-order chi connectivity index (χ0) is 15.1. The predicted molar refractivity (Wildman–Crippen MR) is 82.7 cm³/mol. The molecule has 0 radical (unpaired) electrons. The lowest BCUT2D eigenvalue weighted by Crippen LogP contribution is -2.60. The molecule has 0 saturated carbocycles. The van der Waals surface area contributed by atoms with E-state index in [0.29, 0.717) is 12.0 Å². The third kappa shape index (κ3) is 1.45. The Balaban J connectivity index is 1.76. The molecule has 116 valence electrons. The summed E-state index contributed by atoms with van der Waals surface area (Å²) in [5.74, 6) is 3.28. The fraction of sp³-hybridized carbons (Fsp3) is 0.556. The van der Waals surface area contributed by atoms with Gasteiger partial charge in [-0.05, 0) is 44.5 Å². The van der Waals surface area contributed by atoms with Gasteiger partial charge in [0.1, 0.15) is 0 Å². The minimum Gasteiger partial charge on any atom is -0.493 e. The molecule has 2 heterocycles. The second-order valence-corrected chi connectivity index (χ2v) is 7.21. The van der Waals surface area contributed by atoms with Crippen molar-refractivity contribution in [3.63, 3.8) is 0 Å². The number of likely N-dealkylation sites (tertiary alicyclic amines) is 1. The van der Waals surface area contributed by atoms with Gasteiger partial charge in [-0.15, -0.1) is 0 Å². The monoisotopic (exact) mass is 299 g/mol. The maximum atomic E-state index is 10.3. The van der Waals surface area contributed by atoms with Crippen molar-refractivity contribution in [3.05, 3.63) is 29.3 Å². The Labute approximate surface area is 130 Å². The van der Waals surface area contributed by atoms with Crippen LogP contribution in [0.5, 0.6) is 17.2 Å². The van der Waals surface area contributed by atoms with Gasteiger partial charge in [0, 0.05) is 22.9 Å². The van der Waals surface area contributed by atoms with Gasteiger partial charge in [0.05, 0.1) is 13.2 Å². The lowest BCUT2D eigenvalue weighted by atomic mass is 9.54. The normalized spacial score (nSPS) is 37.7. The van der Waals surface area contributed by atoms with Gasteiger partial charge in [-0.25, -0.2) is 0 Å². The molecular weight excluding hydrogens is 278 g/mol. The standard InChI is InChI=1S/C18H21NO3/c1-19-6-5-18-9-10(20)3-4-12(18)14(19)7-11-13(18)8-15(21-2)17-16(11)22-17/h3-4,8,10,12,14,20H,5-7,9H2,1-2H3/t10-,12-,14+,18-/m0/s1. The number of piperidine rings is 1. The van der Waals surface area contributed by atoms with Crippen LogP contribution in [0.25, 0.3) is 0 Å². The van der Waals surface area contributed by atoms with Crippen molar-refractivity contribution < 1.29 is 14.6 Å². The number of aliphatic hydroxyl groups is 1.